The van der Waals surface area contributed by atoms with Gasteiger partial charge in [-0.25, -0.2) is 13.4 Å². The first kappa shape index (κ1) is 17.1. The summed E-state index contributed by atoms with van der Waals surface area (Å²) in [7, 11) is -3.72. The van der Waals surface area contributed by atoms with E-state index in [1.54, 1.807) is 6.92 Å². The van der Waals surface area contributed by atoms with Crippen molar-refractivity contribution < 1.29 is 8.42 Å². The fourth-order valence-corrected chi connectivity index (χ4v) is 3.60. The highest BCUT2D eigenvalue weighted by molar-refractivity contribution is 7.89. The van der Waals surface area contributed by atoms with E-state index in [4.69, 9.17) is 18.0 Å². The van der Waals surface area contributed by atoms with Gasteiger partial charge in [-0.2, -0.15) is 4.72 Å². The summed E-state index contributed by atoms with van der Waals surface area (Å²) in [6.07, 6.45) is 2.45. The molecule has 0 fully saturated rings. The highest BCUT2D eigenvalue weighted by Gasteiger charge is 2.26. The Kier molecular flexibility index (Phi) is 5.67. The zero-order valence-electron chi connectivity index (χ0n) is 12.3. The molecule has 1 rings (SSSR count). The second-order valence-electron chi connectivity index (χ2n) is 5.07. The van der Waals surface area contributed by atoms with Crippen molar-refractivity contribution in [3.05, 3.63) is 12.0 Å². The monoisotopic (exact) mass is 318 g/mol. The molecule has 20 heavy (non-hydrogen) atoms. The van der Waals surface area contributed by atoms with Crippen LogP contribution >= 0.6 is 12.2 Å². The number of nitrogens with one attached hydrogen (secondary N) is 1. The first-order valence-electron chi connectivity index (χ1n) is 6.54. The molecular formula is C12H22N4O2S2. The minimum atomic E-state index is -3.72. The van der Waals surface area contributed by atoms with E-state index in [0.29, 0.717) is 5.82 Å². The van der Waals surface area contributed by atoms with E-state index in [1.807, 2.05) is 25.3 Å². The van der Waals surface area contributed by atoms with Gasteiger partial charge >= 0.3 is 0 Å². The van der Waals surface area contributed by atoms with Gasteiger partial charge in [0.1, 0.15) is 5.82 Å². The molecular weight excluding hydrogens is 296 g/mol. The Balaban J connectivity index is 3.04. The molecule has 3 N–H and O–H groups in total. The Morgan fingerprint density at radius 1 is 1.55 bits per heavy atom. The molecule has 1 atom stereocenters. The van der Waals surface area contributed by atoms with Gasteiger partial charge in [0, 0.05) is 12.7 Å². The SMILES string of the molecule is CCCn1cc(S(=O)(=O)NC(C(N)=S)C(C)C)nc1C. The zero-order valence-corrected chi connectivity index (χ0v) is 13.9. The fraction of sp³-hybridized carbons (Fsp3) is 0.667. The Bertz CT molecular complexity index is 578. The van der Waals surface area contributed by atoms with Gasteiger partial charge in [0.05, 0.1) is 11.0 Å². The quantitative estimate of drug-likeness (QED) is 0.737. The molecule has 0 bridgehead atoms. The van der Waals surface area contributed by atoms with Gasteiger partial charge in [-0.1, -0.05) is 33.0 Å². The molecule has 0 aliphatic rings. The highest BCUT2D eigenvalue weighted by atomic mass is 32.2. The first-order chi connectivity index (χ1) is 9.19. The molecule has 1 unspecified atom stereocenters. The molecule has 114 valence electrons. The Hall–Kier alpha value is -0.990. The lowest BCUT2D eigenvalue weighted by Gasteiger charge is -2.20. The van der Waals surface area contributed by atoms with E-state index in [9.17, 15) is 8.42 Å². The van der Waals surface area contributed by atoms with E-state index in [2.05, 4.69) is 9.71 Å². The summed E-state index contributed by atoms with van der Waals surface area (Å²) in [5.41, 5.74) is 5.58. The predicted molar refractivity (Wildman–Crippen MR) is 83.0 cm³/mol. The summed E-state index contributed by atoms with van der Waals surface area (Å²) in [5.74, 6) is 0.643. The van der Waals surface area contributed by atoms with Crippen LogP contribution in [0.25, 0.3) is 0 Å². The zero-order chi connectivity index (χ0) is 15.5. The van der Waals surface area contributed by atoms with Crippen molar-refractivity contribution in [2.45, 2.75) is 51.7 Å². The molecule has 1 aromatic rings. The lowest BCUT2D eigenvalue weighted by Crippen LogP contribution is -2.46. The van der Waals surface area contributed by atoms with E-state index >= 15 is 0 Å². The largest absolute Gasteiger partial charge is 0.392 e. The summed E-state index contributed by atoms with van der Waals surface area (Å²) >= 11 is 4.91. The van der Waals surface area contributed by atoms with Crippen LogP contribution in [0, 0.1) is 12.8 Å². The van der Waals surface area contributed by atoms with Crippen molar-refractivity contribution in [3.8, 4) is 0 Å². The molecule has 0 aromatic carbocycles. The van der Waals surface area contributed by atoms with Crippen LogP contribution in [-0.4, -0.2) is 29.0 Å². The summed E-state index contributed by atoms with van der Waals surface area (Å²) in [6.45, 7) is 8.24. The lowest BCUT2D eigenvalue weighted by molar-refractivity contribution is 0.524. The topological polar surface area (TPSA) is 90.0 Å². The van der Waals surface area contributed by atoms with Crippen molar-refractivity contribution in [3.63, 3.8) is 0 Å². The molecule has 1 aromatic heterocycles. The van der Waals surface area contributed by atoms with E-state index < -0.39 is 16.1 Å². The van der Waals surface area contributed by atoms with E-state index in [1.165, 1.54) is 6.20 Å². The van der Waals surface area contributed by atoms with Crippen LogP contribution in [0.5, 0.6) is 0 Å². The van der Waals surface area contributed by atoms with Crippen LogP contribution in [0.4, 0.5) is 0 Å². The number of hydrogen-bond donors (Lipinski definition) is 2. The molecule has 0 saturated carbocycles. The predicted octanol–water partition coefficient (Wildman–Crippen LogP) is 1.19. The van der Waals surface area contributed by atoms with Crippen molar-refractivity contribution in [2.24, 2.45) is 11.7 Å². The maximum atomic E-state index is 12.3. The van der Waals surface area contributed by atoms with E-state index in [-0.39, 0.29) is 15.9 Å². The van der Waals surface area contributed by atoms with Crippen LogP contribution in [0.2, 0.25) is 0 Å². The Morgan fingerprint density at radius 3 is 2.60 bits per heavy atom. The van der Waals surface area contributed by atoms with Crippen LogP contribution < -0.4 is 10.5 Å². The minimum absolute atomic E-state index is 0.00495. The molecule has 6 nitrogen and oxygen atoms in total. The second kappa shape index (κ2) is 6.64. The maximum Gasteiger partial charge on any atom is 0.260 e. The number of aryl methyl sites for hydroxylation is 2. The number of aromatic nitrogens is 2. The molecule has 0 aliphatic heterocycles. The van der Waals surface area contributed by atoms with Crippen molar-refractivity contribution in [1.29, 1.82) is 0 Å². The number of imidazole rings is 1. The van der Waals surface area contributed by atoms with Gasteiger partial charge in [0.15, 0.2) is 5.03 Å². The summed E-state index contributed by atoms with van der Waals surface area (Å²) in [4.78, 5) is 4.23. The molecule has 0 radical (unpaired) electrons. The highest BCUT2D eigenvalue weighted by Crippen LogP contribution is 2.12. The molecule has 0 spiro atoms. The average molecular weight is 318 g/mol. The van der Waals surface area contributed by atoms with Crippen molar-refractivity contribution in [2.75, 3.05) is 0 Å². The second-order valence-corrected chi connectivity index (χ2v) is 7.20. The van der Waals surface area contributed by atoms with Crippen molar-refractivity contribution >= 4 is 27.2 Å². The molecule has 0 saturated heterocycles. The number of nitrogens with two attached hydrogens (primary N) is 1. The van der Waals surface area contributed by atoms with Crippen LogP contribution in [0.1, 0.15) is 33.0 Å². The minimum Gasteiger partial charge on any atom is -0.392 e. The van der Waals surface area contributed by atoms with Gasteiger partial charge in [0.2, 0.25) is 0 Å². The number of hydrogen-bond acceptors (Lipinski definition) is 4. The van der Waals surface area contributed by atoms with Gasteiger partial charge < -0.3 is 10.3 Å². The number of sulfonamides is 1. The Morgan fingerprint density at radius 2 is 2.15 bits per heavy atom. The molecule has 0 aliphatic carbocycles. The first-order valence-corrected chi connectivity index (χ1v) is 8.43. The summed E-state index contributed by atoms with van der Waals surface area (Å²) in [5, 5.41) is 0.00495. The lowest BCUT2D eigenvalue weighted by atomic mass is 10.1. The van der Waals surface area contributed by atoms with Gasteiger partial charge in [-0.15, -0.1) is 0 Å². The normalized spacial score (nSPS) is 13.7. The number of thiocarbonyl (C=S) groups is 1. The third-order valence-electron chi connectivity index (χ3n) is 2.95. The van der Waals surface area contributed by atoms with Crippen LogP contribution in [0.15, 0.2) is 11.2 Å². The van der Waals surface area contributed by atoms with Crippen LogP contribution in [0.3, 0.4) is 0 Å². The third kappa shape index (κ3) is 4.00. The fourth-order valence-electron chi connectivity index (χ4n) is 1.83. The number of rotatable bonds is 7. The molecule has 0 amide bonds. The Labute approximate surface area is 125 Å². The van der Waals surface area contributed by atoms with Gasteiger partial charge in [-0.05, 0) is 19.3 Å². The van der Waals surface area contributed by atoms with Crippen molar-refractivity contribution in [1.82, 2.24) is 14.3 Å². The standard InChI is InChI=1S/C12H22N4O2S2/c1-5-6-16-7-10(14-9(16)4)20(17,18)15-11(8(2)3)12(13)19/h7-8,11,15H,5-6H2,1-4H3,(H2,13,19). The molecule has 1 heterocycles. The maximum absolute atomic E-state index is 12.3. The molecule has 8 heteroatoms. The summed E-state index contributed by atoms with van der Waals surface area (Å²) < 4.78 is 29.0. The smallest absolute Gasteiger partial charge is 0.260 e. The van der Waals surface area contributed by atoms with Crippen LogP contribution in [-0.2, 0) is 16.6 Å². The van der Waals surface area contributed by atoms with Gasteiger partial charge in [-0.3, -0.25) is 0 Å². The van der Waals surface area contributed by atoms with Gasteiger partial charge in [0.25, 0.3) is 10.0 Å². The summed E-state index contributed by atoms with van der Waals surface area (Å²) in [6, 6.07) is -0.577. The third-order valence-corrected chi connectivity index (χ3v) is 4.51. The number of nitrogens with zero attached hydrogens (tertiary/aromatic N) is 2. The van der Waals surface area contributed by atoms with E-state index in [0.717, 1.165) is 13.0 Å². The average Bonchev–Trinajstić information content (AvgIpc) is 2.69.